The highest BCUT2D eigenvalue weighted by Crippen LogP contribution is 2.41. The SMILES string of the molecule is CC1CCN(C(=O)[C@@H]2CCC[C@@H]2CN)C1c1cccc(F)c1.Cl. The fraction of sp³-hybridized carbons (Fsp3) is 0.611. The number of halogens is 2. The molecule has 2 unspecified atom stereocenters. The van der Waals surface area contributed by atoms with E-state index in [1.165, 1.54) is 6.07 Å². The van der Waals surface area contributed by atoms with Crippen LogP contribution in [0.5, 0.6) is 0 Å². The minimum Gasteiger partial charge on any atom is -0.335 e. The number of carbonyl (C=O) groups excluding carboxylic acids is 1. The van der Waals surface area contributed by atoms with Crippen molar-refractivity contribution in [3.63, 3.8) is 0 Å². The standard InChI is InChI=1S/C18H25FN2O.ClH/c1-12-8-9-21(17(12)13-4-2-6-15(19)10-13)18(22)16-7-3-5-14(16)11-20;/h2,4,6,10,12,14,16-17H,3,5,7-9,11,20H2,1H3;1H/t12?,14-,16-,17?;/m1./s1. The summed E-state index contributed by atoms with van der Waals surface area (Å²) in [6.07, 6.45) is 4.07. The van der Waals surface area contributed by atoms with Crippen LogP contribution >= 0.6 is 12.4 Å². The third-order valence-electron chi connectivity index (χ3n) is 5.45. The maximum Gasteiger partial charge on any atom is 0.226 e. The highest BCUT2D eigenvalue weighted by molar-refractivity contribution is 5.85. The third-order valence-corrected chi connectivity index (χ3v) is 5.45. The topological polar surface area (TPSA) is 46.3 Å². The Labute approximate surface area is 143 Å². The molecule has 23 heavy (non-hydrogen) atoms. The summed E-state index contributed by atoms with van der Waals surface area (Å²) in [6, 6.07) is 6.70. The van der Waals surface area contributed by atoms with E-state index < -0.39 is 0 Å². The monoisotopic (exact) mass is 340 g/mol. The smallest absolute Gasteiger partial charge is 0.226 e. The molecule has 3 rings (SSSR count). The first kappa shape index (κ1) is 18.2. The molecule has 0 spiro atoms. The van der Waals surface area contributed by atoms with Crippen molar-refractivity contribution in [2.45, 2.75) is 38.6 Å². The van der Waals surface area contributed by atoms with Crippen molar-refractivity contribution in [2.24, 2.45) is 23.5 Å². The third kappa shape index (κ3) is 3.53. The molecule has 1 aromatic rings. The van der Waals surface area contributed by atoms with Gasteiger partial charge in [0, 0.05) is 12.5 Å². The van der Waals surface area contributed by atoms with Crippen LogP contribution in [0.1, 0.15) is 44.2 Å². The average Bonchev–Trinajstić information content (AvgIpc) is 3.12. The Morgan fingerprint density at radius 1 is 1.35 bits per heavy atom. The van der Waals surface area contributed by atoms with Gasteiger partial charge in [-0.1, -0.05) is 25.5 Å². The molecule has 2 N–H and O–H groups in total. The lowest BCUT2D eigenvalue weighted by Crippen LogP contribution is -2.39. The minimum absolute atomic E-state index is 0. The van der Waals surface area contributed by atoms with E-state index in [0.717, 1.165) is 37.8 Å². The summed E-state index contributed by atoms with van der Waals surface area (Å²) < 4.78 is 13.6. The van der Waals surface area contributed by atoms with E-state index in [-0.39, 0.29) is 36.1 Å². The maximum absolute atomic E-state index is 13.6. The predicted octanol–water partition coefficient (Wildman–Crippen LogP) is 3.53. The van der Waals surface area contributed by atoms with Gasteiger partial charge in [-0.05, 0) is 55.3 Å². The molecule has 5 heteroatoms. The van der Waals surface area contributed by atoms with Crippen LogP contribution in [0.25, 0.3) is 0 Å². The average molecular weight is 341 g/mol. The lowest BCUT2D eigenvalue weighted by molar-refractivity contribution is -0.138. The Bertz CT molecular complexity index is 554. The summed E-state index contributed by atoms with van der Waals surface area (Å²) >= 11 is 0. The van der Waals surface area contributed by atoms with E-state index in [2.05, 4.69) is 6.92 Å². The largest absolute Gasteiger partial charge is 0.335 e. The normalized spacial score (nSPS) is 30.3. The van der Waals surface area contributed by atoms with E-state index in [1.807, 2.05) is 11.0 Å². The Balaban J connectivity index is 0.00000192. The van der Waals surface area contributed by atoms with Crippen molar-refractivity contribution >= 4 is 18.3 Å². The lowest BCUT2D eigenvalue weighted by atomic mass is 9.92. The van der Waals surface area contributed by atoms with Gasteiger partial charge in [0.25, 0.3) is 0 Å². The number of hydrogen-bond donors (Lipinski definition) is 1. The number of nitrogens with zero attached hydrogens (tertiary/aromatic N) is 1. The fourth-order valence-corrected chi connectivity index (χ4v) is 4.25. The van der Waals surface area contributed by atoms with Gasteiger partial charge in [-0.15, -0.1) is 12.4 Å². The number of carbonyl (C=O) groups is 1. The van der Waals surface area contributed by atoms with E-state index in [1.54, 1.807) is 12.1 Å². The zero-order valence-electron chi connectivity index (χ0n) is 13.6. The molecule has 4 atom stereocenters. The molecule has 3 nitrogen and oxygen atoms in total. The molecule has 128 valence electrons. The second kappa shape index (κ2) is 7.63. The Morgan fingerprint density at radius 3 is 2.83 bits per heavy atom. The molecule has 1 aromatic carbocycles. The highest BCUT2D eigenvalue weighted by Gasteiger charge is 2.41. The summed E-state index contributed by atoms with van der Waals surface area (Å²) in [5.41, 5.74) is 6.75. The van der Waals surface area contributed by atoms with Crippen LogP contribution < -0.4 is 5.73 Å². The van der Waals surface area contributed by atoms with Crippen LogP contribution in [-0.4, -0.2) is 23.9 Å². The minimum atomic E-state index is -0.232. The number of benzene rings is 1. The van der Waals surface area contributed by atoms with Gasteiger partial charge in [-0.2, -0.15) is 0 Å². The molecule has 2 fully saturated rings. The number of rotatable bonds is 3. The van der Waals surface area contributed by atoms with Crippen LogP contribution in [0.15, 0.2) is 24.3 Å². The second-order valence-electron chi connectivity index (χ2n) is 6.83. The maximum atomic E-state index is 13.6. The van der Waals surface area contributed by atoms with Crippen LogP contribution in [0.4, 0.5) is 4.39 Å². The molecule has 0 aromatic heterocycles. The molecule has 1 heterocycles. The molecule has 1 saturated carbocycles. The number of nitrogens with two attached hydrogens (primary N) is 1. The van der Waals surface area contributed by atoms with Crippen molar-refractivity contribution in [2.75, 3.05) is 13.1 Å². The summed E-state index contributed by atoms with van der Waals surface area (Å²) in [5, 5.41) is 0. The highest BCUT2D eigenvalue weighted by atomic mass is 35.5. The van der Waals surface area contributed by atoms with E-state index in [4.69, 9.17) is 5.73 Å². The van der Waals surface area contributed by atoms with E-state index >= 15 is 0 Å². The predicted molar refractivity (Wildman–Crippen MR) is 91.8 cm³/mol. The summed E-state index contributed by atoms with van der Waals surface area (Å²) in [6.45, 7) is 3.51. The van der Waals surface area contributed by atoms with Crippen LogP contribution in [0.2, 0.25) is 0 Å². The Morgan fingerprint density at radius 2 is 2.13 bits per heavy atom. The zero-order chi connectivity index (χ0) is 15.7. The van der Waals surface area contributed by atoms with Crippen LogP contribution in [-0.2, 0) is 4.79 Å². The number of amides is 1. The van der Waals surface area contributed by atoms with Gasteiger partial charge in [-0.3, -0.25) is 4.79 Å². The van der Waals surface area contributed by atoms with Gasteiger partial charge in [0.2, 0.25) is 5.91 Å². The van der Waals surface area contributed by atoms with E-state index in [0.29, 0.717) is 18.4 Å². The molecule has 1 amide bonds. The van der Waals surface area contributed by atoms with Crippen molar-refractivity contribution in [3.05, 3.63) is 35.6 Å². The number of hydrogen-bond acceptors (Lipinski definition) is 2. The van der Waals surface area contributed by atoms with Crippen molar-refractivity contribution in [1.82, 2.24) is 4.90 Å². The molecule has 1 aliphatic heterocycles. The van der Waals surface area contributed by atoms with Crippen molar-refractivity contribution in [3.8, 4) is 0 Å². The summed E-state index contributed by atoms with van der Waals surface area (Å²) in [7, 11) is 0. The fourth-order valence-electron chi connectivity index (χ4n) is 4.25. The number of likely N-dealkylation sites (tertiary alicyclic amines) is 1. The second-order valence-corrected chi connectivity index (χ2v) is 6.83. The van der Waals surface area contributed by atoms with Crippen molar-refractivity contribution in [1.29, 1.82) is 0 Å². The molecule has 2 aliphatic rings. The summed E-state index contributed by atoms with van der Waals surface area (Å²) in [4.78, 5) is 15.0. The molecular formula is C18H26ClFN2O. The van der Waals surface area contributed by atoms with E-state index in [9.17, 15) is 9.18 Å². The zero-order valence-corrected chi connectivity index (χ0v) is 14.4. The van der Waals surface area contributed by atoms with Crippen LogP contribution in [0, 0.1) is 23.6 Å². The molecule has 1 aliphatic carbocycles. The first-order valence-electron chi connectivity index (χ1n) is 8.38. The van der Waals surface area contributed by atoms with Gasteiger partial charge in [0.15, 0.2) is 0 Å². The first-order valence-corrected chi connectivity index (χ1v) is 8.38. The van der Waals surface area contributed by atoms with Gasteiger partial charge in [-0.25, -0.2) is 4.39 Å². The Kier molecular flexibility index (Phi) is 6.04. The van der Waals surface area contributed by atoms with Crippen molar-refractivity contribution < 1.29 is 9.18 Å². The van der Waals surface area contributed by atoms with Crippen LogP contribution in [0.3, 0.4) is 0 Å². The Hall–Kier alpha value is -1.13. The quantitative estimate of drug-likeness (QED) is 0.914. The lowest BCUT2D eigenvalue weighted by Gasteiger charge is -2.31. The van der Waals surface area contributed by atoms with Gasteiger partial charge < -0.3 is 10.6 Å². The molecule has 0 radical (unpaired) electrons. The summed E-state index contributed by atoms with van der Waals surface area (Å²) in [5.74, 6) is 0.739. The molecule has 1 saturated heterocycles. The molecule has 0 bridgehead atoms. The van der Waals surface area contributed by atoms with Gasteiger partial charge in [0.1, 0.15) is 5.82 Å². The molecular weight excluding hydrogens is 315 g/mol. The van der Waals surface area contributed by atoms with Gasteiger partial charge in [0.05, 0.1) is 6.04 Å². The first-order chi connectivity index (χ1) is 10.6. The van der Waals surface area contributed by atoms with Gasteiger partial charge >= 0.3 is 0 Å².